The van der Waals surface area contributed by atoms with E-state index in [1.165, 1.54) is 20.0 Å². The lowest BCUT2D eigenvalue weighted by molar-refractivity contribution is 0.160. The van der Waals surface area contributed by atoms with Gasteiger partial charge in [-0.15, -0.1) is 0 Å². The quantitative estimate of drug-likeness (QED) is 0.539. The highest BCUT2D eigenvalue weighted by atomic mass is 32.2. The summed E-state index contributed by atoms with van der Waals surface area (Å²) in [6.07, 6.45) is 1.55. The summed E-state index contributed by atoms with van der Waals surface area (Å²) in [5.41, 5.74) is -1.66. The van der Waals surface area contributed by atoms with Crippen molar-refractivity contribution in [2.45, 2.75) is 45.0 Å². The summed E-state index contributed by atoms with van der Waals surface area (Å²) >= 11 is 1.78. The number of hydrogen-bond acceptors (Lipinski definition) is 6. The zero-order valence-corrected chi connectivity index (χ0v) is 19.6. The summed E-state index contributed by atoms with van der Waals surface area (Å²) in [6, 6.07) is 2.76. The Labute approximate surface area is 190 Å². The second kappa shape index (κ2) is 10.2. The topological polar surface area (TPSA) is 50.6 Å². The van der Waals surface area contributed by atoms with Crippen molar-refractivity contribution in [3.05, 3.63) is 46.4 Å². The van der Waals surface area contributed by atoms with Crippen LogP contribution in [0.4, 0.5) is 18.9 Å². The highest BCUT2D eigenvalue weighted by Gasteiger charge is 2.25. The number of alkyl halides is 1. The first-order valence-electron chi connectivity index (χ1n) is 10.6. The van der Waals surface area contributed by atoms with Crippen molar-refractivity contribution in [2.75, 3.05) is 37.7 Å². The van der Waals surface area contributed by atoms with Gasteiger partial charge in [-0.25, -0.2) is 17.5 Å². The molecule has 1 aliphatic heterocycles. The Balaban J connectivity index is 1.92. The van der Waals surface area contributed by atoms with E-state index in [2.05, 4.69) is 23.3 Å². The number of benzene rings is 1. The maximum Gasteiger partial charge on any atom is 0.316 e. The average molecular weight is 471 g/mol. The van der Waals surface area contributed by atoms with Crippen LogP contribution in [0.1, 0.15) is 34.1 Å². The largest absolute Gasteiger partial charge is 0.486 e. The van der Waals surface area contributed by atoms with Crippen molar-refractivity contribution in [1.82, 2.24) is 14.1 Å². The summed E-state index contributed by atoms with van der Waals surface area (Å²) in [5, 5.41) is 4.62. The molecule has 1 fully saturated rings. The van der Waals surface area contributed by atoms with E-state index in [1.807, 2.05) is 4.90 Å². The maximum absolute atomic E-state index is 14.0. The molecule has 2 aromatic rings. The first kappa shape index (κ1) is 24.4. The van der Waals surface area contributed by atoms with Gasteiger partial charge in [0.15, 0.2) is 0 Å². The van der Waals surface area contributed by atoms with Crippen molar-refractivity contribution < 1.29 is 17.9 Å². The van der Waals surface area contributed by atoms with E-state index in [1.54, 1.807) is 11.9 Å². The maximum atomic E-state index is 14.0. The fourth-order valence-electron chi connectivity index (χ4n) is 3.36. The van der Waals surface area contributed by atoms with Crippen LogP contribution in [0.5, 0.6) is 5.75 Å². The normalized spacial score (nSPS) is 15.4. The van der Waals surface area contributed by atoms with E-state index >= 15 is 0 Å². The minimum Gasteiger partial charge on any atom is -0.486 e. The number of hydrogen-bond donors (Lipinski definition) is 0. The van der Waals surface area contributed by atoms with E-state index in [4.69, 9.17) is 4.74 Å². The van der Waals surface area contributed by atoms with Crippen molar-refractivity contribution in [3.8, 4) is 11.4 Å². The van der Waals surface area contributed by atoms with Gasteiger partial charge in [-0.1, -0.05) is 25.8 Å². The van der Waals surface area contributed by atoms with Crippen LogP contribution in [-0.4, -0.2) is 57.8 Å². The second-order valence-electron chi connectivity index (χ2n) is 8.59. The molecule has 0 unspecified atom stereocenters. The molecular weight excluding hydrogens is 441 g/mol. The number of anilines is 1. The number of halogens is 3. The van der Waals surface area contributed by atoms with Crippen LogP contribution in [0.15, 0.2) is 29.2 Å². The molecule has 0 radical (unpaired) electrons. The molecule has 2 heterocycles. The van der Waals surface area contributed by atoms with E-state index in [-0.39, 0.29) is 24.5 Å². The Morgan fingerprint density at radius 2 is 1.75 bits per heavy atom. The Morgan fingerprint density at radius 1 is 1.12 bits per heavy atom. The van der Waals surface area contributed by atoms with Crippen LogP contribution in [0.25, 0.3) is 5.69 Å². The molecule has 1 saturated heterocycles. The molecule has 1 aromatic carbocycles. The van der Waals surface area contributed by atoms with Gasteiger partial charge >= 0.3 is 5.56 Å². The molecule has 176 valence electrons. The minimum atomic E-state index is -1.46. The van der Waals surface area contributed by atoms with Crippen LogP contribution < -0.4 is 15.2 Å². The van der Waals surface area contributed by atoms with Crippen molar-refractivity contribution in [1.29, 1.82) is 0 Å². The number of rotatable bonds is 8. The molecule has 0 N–H and O–H groups in total. The molecule has 0 atom stereocenters. The van der Waals surface area contributed by atoms with Gasteiger partial charge in [-0.05, 0) is 26.0 Å². The smallest absolute Gasteiger partial charge is 0.316 e. The number of piperazine rings is 1. The molecule has 10 heteroatoms. The van der Waals surface area contributed by atoms with Crippen molar-refractivity contribution in [3.63, 3.8) is 0 Å². The number of nitrogens with zero attached hydrogens (tertiary/aromatic N) is 4. The van der Waals surface area contributed by atoms with Crippen molar-refractivity contribution >= 4 is 17.6 Å². The van der Waals surface area contributed by atoms with Crippen LogP contribution in [-0.2, 0) is 0 Å². The highest BCUT2D eigenvalue weighted by molar-refractivity contribution is 7.97. The fourth-order valence-corrected chi connectivity index (χ4v) is 4.33. The summed E-state index contributed by atoms with van der Waals surface area (Å²) in [4.78, 5) is 15.2. The summed E-state index contributed by atoms with van der Waals surface area (Å²) < 4.78 is 50.3. The molecule has 32 heavy (non-hydrogen) atoms. The van der Waals surface area contributed by atoms with Crippen LogP contribution in [0.3, 0.4) is 0 Å². The molecule has 3 rings (SSSR count). The Hall–Kier alpha value is -2.20. The average Bonchev–Trinajstić information content (AvgIpc) is 2.67. The Kier molecular flexibility index (Phi) is 7.76. The molecule has 6 nitrogen and oxygen atoms in total. The third-order valence-corrected chi connectivity index (χ3v) is 5.97. The summed E-state index contributed by atoms with van der Waals surface area (Å²) in [6.45, 7) is 10.0. The molecule has 0 amide bonds. The van der Waals surface area contributed by atoms with Gasteiger partial charge < -0.3 is 9.64 Å². The molecule has 0 spiro atoms. The number of ether oxygens (including phenoxy) is 1. The minimum absolute atomic E-state index is 0.00104. The first-order chi connectivity index (χ1) is 15.0. The number of aromatic nitrogens is 2. The predicted molar refractivity (Wildman–Crippen MR) is 122 cm³/mol. The molecule has 1 aromatic heterocycles. The van der Waals surface area contributed by atoms with Gasteiger partial charge in [0.1, 0.15) is 23.0 Å². The van der Waals surface area contributed by atoms with Crippen LogP contribution in [0, 0.1) is 11.6 Å². The molecule has 0 saturated carbocycles. The van der Waals surface area contributed by atoms with E-state index in [9.17, 15) is 18.0 Å². The van der Waals surface area contributed by atoms with E-state index in [0.717, 1.165) is 36.0 Å². The first-order valence-corrected chi connectivity index (χ1v) is 11.4. The highest BCUT2D eigenvalue weighted by Crippen LogP contribution is 2.28. The zero-order valence-electron chi connectivity index (χ0n) is 18.8. The van der Waals surface area contributed by atoms with E-state index < -0.39 is 22.9 Å². The molecular formula is C22H29F3N4O2S. The van der Waals surface area contributed by atoms with Gasteiger partial charge in [-0.2, -0.15) is 9.78 Å². The van der Waals surface area contributed by atoms with Gasteiger partial charge in [0.25, 0.3) is 0 Å². The lowest BCUT2D eigenvalue weighted by Crippen LogP contribution is -2.44. The molecule has 1 aliphatic rings. The van der Waals surface area contributed by atoms with Crippen LogP contribution in [0.2, 0.25) is 0 Å². The lowest BCUT2D eigenvalue weighted by Gasteiger charge is -2.36. The SMILES string of the molecule is CC(C)SN1CCN(c2cnn(-c3cc(F)cc(F)c3)c(=O)c2OCCC(C)(C)F)CC1. The van der Waals surface area contributed by atoms with E-state index in [0.29, 0.717) is 24.0 Å². The fraction of sp³-hybridized carbons (Fsp3) is 0.545. The third-order valence-electron chi connectivity index (χ3n) is 4.89. The Bertz CT molecular complexity index is 966. The van der Waals surface area contributed by atoms with Gasteiger partial charge in [0, 0.05) is 43.9 Å². The van der Waals surface area contributed by atoms with Crippen LogP contribution >= 0.6 is 11.9 Å². The molecule has 0 aliphatic carbocycles. The van der Waals surface area contributed by atoms with Gasteiger partial charge in [-0.3, -0.25) is 4.79 Å². The summed E-state index contributed by atoms with van der Waals surface area (Å²) in [5.74, 6) is -1.64. The Morgan fingerprint density at radius 3 is 2.31 bits per heavy atom. The zero-order chi connectivity index (χ0) is 23.5. The summed E-state index contributed by atoms with van der Waals surface area (Å²) in [7, 11) is 0. The third kappa shape index (κ3) is 6.41. The monoisotopic (exact) mass is 470 g/mol. The lowest BCUT2D eigenvalue weighted by atomic mass is 10.1. The standard InChI is InChI=1S/C22H29F3N4O2S/c1-15(2)32-28-8-6-27(7-9-28)19-14-26-29(18-12-16(23)11-17(24)13-18)21(30)20(19)31-10-5-22(3,4)25/h11-15H,5-10H2,1-4H3. The molecule has 0 bridgehead atoms. The van der Waals surface area contributed by atoms with Gasteiger partial charge in [0.2, 0.25) is 5.75 Å². The predicted octanol–water partition coefficient (Wildman–Crippen LogP) is 4.21. The van der Waals surface area contributed by atoms with Crippen molar-refractivity contribution in [2.24, 2.45) is 0 Å². The van der Waals surface area contributed by atoms with Gasteiger partial charge in [0.05, 0.1) is 18.5 Å². The second-order valence-corrected chi connectivity index (χ2v) is 10.3.